The number of rotatable bonds is 4. The van der Waals surface area contributed by atoms with Crippen LogP contribution < -0.4 is 0 Å². The Kier molecular flexibility index (Phi) is 4.38. The van der Waals surface area contributed by atoms with Gasteiger partial charge in [0.15, 0.2) is 0 Å². The maximum atomic E-state index is 3.91. The van der Waals surface area contributed by atoms with E-state index in [0.717, 1.165) is 6.42 Å². The zero-order valence-corrected chi connectivity index (χ0v) is 10.9. The van der Waals surface area contributed by atoms with Gasteiger partial charge >= 0.3 is 0 Å². The molecule has 1 unspecified atom stereocenters. The summed E-state index contributed by atoms with van der Waals surface area (Å²) in [7, 11) is 0. The third-order valence-corrected chi connectivity index (χ3v) is 3.68. The van der Waals surface area contributed by atoms with Gasteiger partial charge in [-0.25, -0.2) is 0 Å². The highest BCUT2D eigenvalue weighted by Gasteiger charge is 2.20. The molecule has 2 rings (SSSR count). The van der Waals surface area contributed by atoms with Crippen LogP contribution in [0.3, 0.4) is 0 Å². The lowest BCUT2D eigenvalue weighted by molar-refractivity contribution is 0.164. The first-order valence-corrected chi connectivity index (χ1v) is 6.73. The van der Waals surface area contributed by atoms with Gasteiger partial charge in [0.25, 0.3) is 0 Å². The van der Waals surface area contributed by atoms with Crippen molar-refractivity contribution in [2.24, 2.45) is 0 Å². The maximum Gasteiger partial charge on any atom is 0.0382 e. The molecule has 0 amide bonds. The Bertz CT molecular complexity index is 346. The highest BCUT2D eigenvalue weighted by Crippen LogP contribution is 2.27. The van der Waals surface area contributed by atoms with Gasteiger partial charge in [0, 0.05) is 6.04 Å². The Morgan fingerprint density at radius 2 is 1.82 bits per heavy atom. The zero-order valence-electron chi connectivity index (χ0n) is 10.9. The van der Waals surface area contributed by atoms with E-state index in [2.05, 4.69) is 48.7 Å². The van der Waals surface area contributed by atoms with E-state index in [9.17, 15) is 0 Å². The molecule has 0 radical (unpaired) electrons. The van der Waals surface area contributed by atoms with Crippen molar-refractivity contribution >= 4 is 0 Å². The quantitative estimate of drug-likeness (QED) is 0.703. The van der Waals surface area contributed by atoms with Crippen LogP contribution in [0.1, 0.15) is 42.9 Å². The topological polar surface area (TPSA) is 3.24 Å². The summed E-state index contributed by atoms with van der Waals surface area (Å²) >= 11 is 0. The summed E-state index contributed by atoms with van der Waals surface area (Å²) in [5, 5.41) is 0. The number of benzene rings is 1. The first-order chi connectivity index (χ1) is 8.31. The van der Waals surface area contributed by atoms with Crippen LogP contribution in [-0.4, -0.2) is 18.0 Å². The molecule has 1 fully saturated rings. The van der Waals surface area contributed by atoms with Gasteiger partial charge in [-0.3, -0.25) is 4.90 Å². The first-order valence-electron chi connectivity index (χ1n) is 6.73. The first kappa shape index (κ1) is 12.4. The van der Waals surface area contributed by atoms with Crippen molar-refractivity contribution in [2.75, 3.05) is 13.1 Å². The molecule has 1 saturated heterocycles. The largest absolute Gasteiger partial charge is 0.296 e. The van der Waals surface area contributed by atoms with Crippen molar-refractivity contribution < 1.29 is 0 Å². The Hall–Kier alpha value is -1.08. The van der Waals surface area contributed by atoms with Crippen molar-refractivity contribution in [3.63, 3.8) is 0 Å². The fourth-order valence-corrected chi connectivity index (χ4v) is 2.67. The van der Waals surface area contributed by atoms with Gasteiger partial charge in [-0.15, -0.1) is 6.58 Å². The van der Waals surface area contributed by atoms with Crippen LogP contribution in [0.5, 0.6) is 0 Å². The van der Waals surface area contributed by atoms with Crippen molar-refractivity contribution in [1.82, 2.24) is 4.90 Å². The average Bonchev–Trinajstić information content (AvgIpc) is 2.38. The minimum atomic E-state index is 0.536. The SMILES string of the molecule is C=CCC(c1ccc(C)cc1)N1CCCCC1. The van der Waals surface area contributed by atoms with Gasteiger partial charge in [-0.2, -0.15) is 0 Å². The fraction of sp³-hybridized carbons (Fsp3) is 0.500. The molecule has 1 aromatic rings. The van der Waals surface area contributed by atoms with Gasteiger partial charge in [-0.1, -0.05) is 42.3 Å². The van der Waals surface area contributed by atoms with Crippen LogP contribution in [-0.2, 0) is 0 Å². The van der Waals surface area contributed by atoms with E-state index in [4.69, 9.17) is 0 Å². The van der Waals surface area contributed by atoms with Crippen LogP contribution in [0, 0.1) is 6.92 Å². The molecule has 1 heteroatoms. The Labute approximate surface area is 105 Å². The second-order valence-corrected chi connectivity index (χ2v) is 5.05. The van der Waals surface area contributed by atoms with Crippen LogP contribution >= 0.6 is 0 Å². The standard InChI is InChI=1S/C16H23N/c1-3-7-16(17-12-5-4-6-13-17)15-10-8-14(2)9-11-15/h3,8-11,16H,1,4-7,12-13H2,2H3. The summed E-state index contributed by atoms with van der Waals surface area (Å²) in [6, 6.07) is 9.52. The van der Waals surface area contributed by atoms with E-state index in [1.165, 1.54) is 43.5 Å². The number of hydrogen-bond acceptors (Lipinski definition) is 1. The lowest BCUT2D eigenvalue weighted by Crippen LogP contribution is -2.33. The Balaban J connectivity index is 2.15. The number of aryl methyl sites for hydroxylation is 1. The fourth-order valence-electron chi connectivity index (χ4n) is 2.67. The minimum absolute atomic E-state index is 0.536. The summed E-state index contributed by atoms with van der Waals surface area (Å²) in [6.45, 7) is 8.54. The average molecular weight is 229 g/mol. The highest BCUT2D eigenvalue weighted by molar-refractivity contribution is 5.24. The molecular weight excluding hydrogens is 206 g/mol. The van der Waals surface area contributed by atoms with Crippen LogP contribution in [0.25, 0.3) is 0 Å². The molecule has 1 aromatic carbocycles. The lowest BCUT2D eigenvalue weighted by Gasteiger charge is -2.34. The number of likely N-dealkylation sites (tertiary alicyclic amines) is 1. The molecule has 1 aliphatic rings. The monoisotopic (exact) mass is 229 g/mol. The Morgan fingerprint density at radius 3 is 2.41 bits per heavy atom. The van der Waals surface area contributed by atoms with Crippen LogP contribution in [0.15, 0.2) is 36.9 Å². The van der Waals surface area contributed by atoms with E-state index in [1.807, 2.05) is 0 Å². The number of hydrogen-bond donors (Lipinski definition) is 0. The molecule has 0 aliphatic carbocycles. The molecule has 0 saturated carbocycles. The minimum Gasteiger partial charge on any atom is -0.296 e. The molecule has 17 heavy (non-hydrogen) atoms. The van der Waals surface area contributed by atoms with Gasteiger partial charge < -0.3 is 0 Å². The van der Waals surface area contributed by atoms with E-state index >= 15 is 0 Å². The molecule has 1 aliphatic heterocycles. The van der Waals surface area contributed by atoms with E-state index < -0.39 is 0 Å². The van der Waals surface area contributed by atoms with Crippen LogP contribution in [0.4, 0.5) is 0 Å². The van der Waals surface area contributed by atoms with Crippen molar-refractivity contribution in [3.05, 3.63) is 48.0 Å². The normalized spacial score (nSPS) is 18.9. The molecule has 0 spiro atoms. The lowest BCUT2D eigenvalue weighted by atomic mass is 9.98. The van der Waals surface area contributed by atoms with Gasteiger partial charge in [-0.05, 0) is 44.8 Å². The summed E-state index contributed by atoms with van der Waals surface area (Å²) in [4.78, 5) is 2.62. The predicted octanol–water partition coefficient (Wildman–Crippen LogP) is 4.10. The molecule has 1 nitrogen and oxygen atoms in total. The third-order valence-electron chi connectivity index (χ3n) is 3.68. The highest BCUT2D eigenvalue weighted by atomic mass is 15.2. The zero-order chi connectivity index (χ0) is 12.1. The van der Waals surface area contributed by atoms with Gasteiger partial charge in [0.1, 0.15) is 0 Å². The van der Waals surface area contributed by atoms with E-state index in [-0.39, 0.29) is 0 Å². The second kappa shape index (κ2) is 6.02. The molecule has 0 N–H and O–H groups in total. The second-order valence-electron chi connectivity index (χ2n) is 5.05. The van der Waals surface area contributed by atoms with Crippen molar-refractivity contribution in [3.8, 4) is 0 Å². The molecule has 0 bridgehead atoms. The van der Waals surface area contributed by atoms with Gasteiger partial charge in [0.05, 0.1) is 0 Å². The summed E-state index contributed by atoms with van der Waals surface area (Å²) in [5.41, 5.74) is 2.78. The maximum absolute atomic E-state index is 3.91. The van der Waals surface area contributed by atoms with Crippen molar-refractivity contribution in [2.45, 2.75) is 38.6 Å². The smallest absolute Gasteiger partial charge is 0.0382 e. The molecule has 0 aromatic heterocycles. The van der Waals surface area contributed by atoms with E-state index in [1.54, 1.807) is 0 Å². The number of nitrogens with zero attached hydrogens (tertiary/aromatic N) is 1. The van der Waals surface area contributed by atoms with Gasteiger partial charge in [0.2, 0.25) is 0 Å². The predicted molar refractivity (Wildman–Crippen MR) is 74.2 cm³/mol. The summed E-state index contributed by atoms with van der Waals surface area (Å²) in [5.74, 6) is 0. The van der Waals surface area contributed by atoms with E-state index in [0.29, 0.717) is 6.04 Å². The summed E-state index contributed by atoms with van der Waals surface area (Å²) < 4.78 is 0. The number of piperidine rings is 1. The Morgan fingerprint density at radius 1 is 1.18 bits per heavy atom. The third kappa shape index (κ3) is 3.19. The molecule has 1 heterocycles. The van der Waals surface area contributed by atoms with Crippen LogP contribution in [0.2, 0.25) is 0 Å². The molecular formula is C16H23N. The summed E-state index contributed by atoms with van der Waals surface area (Å²) in [6.07, 6.45) is 7.20. The van der Waals surface area contributed by atoms with Crippen molar-refractivity contribution in [1.29, 1.82) is 0 Å². The molecule has 1 atom stereocenters. The molecule has 92 valence electrons.